The predicted molar refractivity (Wildman–Crippen MR) is 64.1 cm³/mol. The Morgan fingerprint density at radius 3 is 2.50 bits per heavy atom. The summed E-state index contributed by atoms with van der Waals surface area (Å²) >= 11 is 1.67. The highest BCUT2D eigenvalue weighted by Crippen LogP contribution is 2.28. The van der Waals surface area contributed by atoms with Gasteiger partial charge in [-0.05, 0) is 11.6 Å². The van der Waals surface area contributed by atoms with Gasteiger partial charge in [0.25, 0.3) is 0 Å². The smallest absolute Gasteiger partial charge is 0.258 e. The highest BCUT2D eigenvalue weighted by Gasteiger charge is 2.15. The average Bonchev–Trinajstić information content (AvgIpc) is 2.13. The van der Waals surface area contributed by atoms with Gasteiger partial charge in [0.1, 0.15) is 0 Å². The van der Waals surface area contributed by atoms with Gasteiger partial charge in [0.2, 0.25) is 5.82 Å². The van der Waals surface area contributed by atoms with E-state index in [1.165, 1.54) is 12.1 Å². The van der Waals surface area contributed by atoms with Crippen molar-refractivity contribution in [3.8, 4) is 0 Å². The molecule has 0 spiro atoms. The lowest BCUT2D eigenvalue weighted by molar-refractivity contribution is -0.387. The second-order valence-corrected chi connectivity index (χ2v) is 6.25. The molecule has 0 saturated heterocycles. The third-order valence-corrected chi connectivity index (χ3v) is 3.22. The molecule has 0 unspecified atom stereocenters. The fourth-order valence-corrected chi connectivity index (χ4v) is 1.87. The molecule has 0 aliphatic carbocycles. The van der Waals surface area contributed by atoms with Gasteiger partial charge in [0.15, 0.2) is 0 Å². The molecule has 88 valence electrons. The molecular formula is C11H14FNO2S. The van der Waals surface area contributed by atoms with E-state index < -0.39 is 16.4 Å². The molecule has 1 aromatic rings. The number of nitro benzene ring substituents is 1. The van der Waals surface area contributed by atoms with Gasteiger partial charge in [-0.3, -0.25) is 10.1 Å². The number of nitrogens with zero attached hydrogens (tertiary/aromatic N) is 1. The Balaban J connectivity index is 2.78. The molecule has 0 fully saturated rings. The quantitative estimate of drug-likeness (QED) is 0.599. The van der Waals surface area contributed by atoms with Crippen molar-refractivity contribution >= 4 is 17.4 Å². The number of halogens is 1. The summed E-state index contributed by atoms with van der Waals surface area (Å²) in [6.07, 6.45) is 0. The highest BCUT2D eigenvalue weighted by molar-refractivity contribution is 7.99. The summed E-state index contributed by atoms with van der Waals surface area (Å²) in [6.45, 7) is 6.21. The molecule has 0 bridgehead atoms. The number of benzene rings is 1. The van der Waals surface area contributed by atoms with E-state index in [-0.39, 0.29) is 4.75 Å². The Bertz CT molecular complexity index is 401. The van der Waals surface area contributed by atoms with Crippen LogP contribution in [0, 0.1) is 15.9 Å². The summed E-state index contributed by atoms with van der Waals surface area (Å²) < 4.78 is 13.4. The lowest BCUT2D eigenvalue weighted by Crippen LogP contribution is -2.07. The van der Waals surface area contributed by atoms with E-state index in [9.17, 15) is 14.5 Å². The molecule has 0 atom stereocenters. The Kier molecular flexibility index (Phi) is 3.91. The molecular weight excluding hydrogens is 229 g/mol. The van der Waals surface area contributed by atoms with Crippen LogP contribution in [0.3, 0.4) is 0 Å². The zero-order valence-electron chi connectivity index (χ0n) is 9.49. The van der Waals surface area contributed by atoms with Crippen LogP contribution in [0.5, 0.6) is 0 Å². The Labute approximate surface area is 98.2 Å². The second-order valence-electron chi connectivity index (χ2n) is 4.44. The first-order valence-electron chi connectivity index (χ1n) is 4.86. The van der Waals surface area contributed by atoms with Crippen LogP contribution in [0.1, 0.15) is 26.3 Å². The summed E-state index contributed by atoms with van der Waals surface area (Å²) in [7, 11) is 0. The summed E-state index contributed by atoms with van der Waals surface area (Å²) in [6, 6.07) is 4.05. The summed E-state index contributed by atoms with van der Waals surface area (Å²) in [5, 5.41) is 10.4. The monoisotopic (exact) mass is 243 g/mol. The Hall–Kier alpha value is -1.10. The fourth-order valence-electron chi connectivity index (χ4n) is 1.09. The molecule has 3 nitrogen and oxygen atoms in total. The number of nitro groups is 1. The first kappa shape index (κ1) is 13.0. The maximum Gasteiger partial charge on any atom is 0.304 e. The van der Waals surface area contributed by atoms with Crippen molar-refractivity contribution in [3.05, 3.63) is 39.7 Å². The standard InChI is InChI=1S/C11H14FNO2S/c1-11(2,3)16-7-8-4-5-10(13(14)15)9(12)6-8/h4-6H,7H2,1-3H3. The van der Waals surface area contributed by atoms with Crippen molar-refractivity contribution in [2.75, 3.05) is 0 Å². The van der Waals surface area contributed by atoms with Crippen LogP contribution >= 0.6 is 11.8 Å². The van der Waals surface area contributed by atoms with Gasteiger partial charge in [-0.2, -0.15) is 16.2 Å². The van der Waals surface area contributed by atoms with E-state index in [4.69, 9.17) is 0 Å². The number of rotatable bonds is 3. The molecule has 0 aromatic heterocycles. The van der Waals surface area contributed by atoms with E-state index in [0.717, 1.165) is 5.56 Å². The molecule has 0 aliphatic rings. The third kappa shape index (κ3) is 3.81. The van der Waals surface area contributed by atoms with Gasteiger partial charge in [-0.15, -0.1) is 0 Å². The molecule has 0 aliphatic heterocycles. The van der Waals surface area contributed by atoms with Crippen LogP contribution in [0.4, 0.5) is 10.1 Å². The van der Waals surface area contributed by atoms with Crippen LogP contribution in [0.25, 0.3) is 0 Å². The third-order valence-electron chi connectivity index (χ3n) is 1.88. The van der Waals surface area contributed by atoms with Gasteiger partial charge in [0.05, 0.1) is 4.92 Å². The van der Waals surface area contributed by atoms with E-state index in [0.29, 0.717) is 5.75 Å². The first-order valence-corrected chi connectivity index (χ1v) is 5.85. The van der Waals surface area contributed by atoms with Gasteiger partial charge in [-0.25, -0.2) is 0 Å². The average molecular weight is 243 g/mol. The maximum absolute atomic E-state index is 13.3. The van der Waals surface area contributed by atoms with Gasteiger partial charge in [-0.1, -0.05) is 26.8 Å². The van der Waals surface area contributed by atoms with E-state index >= 15 is 0 Å². The van der Waals surface area contributed by atoms with Crippen molar-refractivity contribution in [1.29, 1.82) is 0 Å². The lowest BCUT2D eigenvalue weighted by atomic mass is 10.2. The largest absolute Gasteiger partial charge is 0.304 e. The van der Waals surface area contributed by atoms with Crippen LogP contribution in [-0.4, -0.2) is 9.67 Å². The Morgan fingerprint density at radius 1 is 1.44 bits per heavy atom. The highest BCUT2D eigenvalue weighted by atomic mass is 32.2. The molecule has 1 aromatic carbocycles. The van der Waals surface area contributed by atoms with Crippen molar-refractivity contribution in [1.82, 2.24) is 0 Å². The lowest BCUT2D eigenvalue weighted by Gasteiger charge is -2.17. The number of hydrogen-bond acceptors (Lipinski definition) is 3. The van der Waals surface area contributed by atoms with Gasteiger partial charge < -0.3 is 0 Å². The molecule has 0 N–H and O–H groups in total. The van der Waals surface area contributed by atoms with Crippen LogP contribution in [0.15, 0.2) is 18.2 Å². The molecule has 16 heavy (non-hydrogen) atoms. The first-order chi connectivity index (χ1) is 7.29. The minimum Gasteiger partial charge on any atom is -0.258 e. The van der Waals surface area contributed by atoms with E-state index in [2.05, 4.69) is 20.8 Å². The second kappa shape index (κ2) is 4.82. The fraction of sp³-hybridized carbons (Fsp3) is 0.455. The van der Waals surface area contributed by atoms with Crippen LogP contribution in [-0.2, 0) is 5.75 Å². The number of hydrogen-bond donors (Lipinski definition) is 0. The van der Waals surface area contributed by atoms with Crippen molar-refractivity contribution in [2.24, 2.45) is 0 Å². The predicted octanol–water partition coefficient (Wildman–Crippen LogP) is 3.77. The number of thioether (sulfide) groups is 1. The minimum atomic E-state index is -0.767. The van der Waals surface area contributed by atoms with Crippen molar-refractivity contribution in [2.45, 2.75) is 31.3 Å². The SMILES string of the molecule is CC(C)(C)SCc1ccc([N+](=O)[O-])c(F)c1. The summed E-state index contributed by atoms with van der Waals surface area (Å²) in [5.41, 5.74) is 0.299. The van der Waals surface area contributed by atoms with Crippen molar-refractivity contribution in [3.63, 3.8) is 0 Å². The van der Waals surface area contributed by atoms with E-state index in [1.54, 1.807) is 17.8 Å². The van der Waals surface area contributed by atoms with Gasteiger partial charge >= 0.3 is 5.69 Å². The van der Waals surface area contributed by atoms with Gasteiger partial charge in [0, 0.05) is 16.6 Å². The Morgan fingerprint density at radius 2 is 2.06 bits per heavy atom. The van der Waals surface area contributed by atoms with Crippen molar-refractivity contribution < 1.29 is 9.31 Å². The molecule has 5 heteroatoms. The minimum absolute atomic E-state index is 0.0955. The molecule has 0 amide bonds. The zero-order valence-corrected chi connectivity index (χ0v) is 10.3. The van der Waals surface area contributed by atoms with E-state index in [1.807, 2.05) is 0 Å². The van der Waals surface area contributed by atoms with Crippen LogP contribution in [0.2, 0.25) is 0 Å². The molecule has 0 saturated carbocycles. The normalized spacial score (nSPS) is 11.5. The summed E-state index contributed by atoms with van der Waals surface area (Å²) in [4.78, 5) is 9.70. The van der Waals surface area contributed by atoms with Crippen LogP contribution < -0.4 is 0 Å². The topological polar surface area (TPSA) is 43.1 Å². The zero-order chi connectivity index (χ0) is 12.3. The summed E-state index contributed by atoms with van der Waals surface area (Å²) in [5.74, 6) is -0.115. The molecule has 0 heterocycles. The molecule has 0 radical (unpaired) electrons. The maximum atomic E-state index is 13.3. The molecule has 1 rings (SSSR count).